The SMILES string of the molecule is CCOc1cc(Cc2ccc([C@H]3CNCCO3)cc2)cnc1Cl. The maximum absolute atomic E-state index is 6.03. The smallest absolute Gasteiger partial charge is 0.171 e. The molecule has 2 heterocycles. The molecule has 0 radical (unpaired) electrons. The first-order valence-electron chi connectivity index (χ1n) is 7.94. The lowest BCUT2D eigenvalue weighted by Gasteiger charge is -2.24. The molecule has 0 unspecified atom stereocenters. The van der Waals surface area contributed by atoms with Gasteiger partial charge in [0, 0.05) is 19.3 Å². The van der Waals surface area contributed by atoms with Crippen LogP contribution in [0.5, 0.6) is 5.75 Å². The average molecular weight is 333 g/mol. The van der Waals surface area contributed by atoms with Crippen molar-refractivity contribution in [2.75, 3.05) is 26.3 Å². The molecule has 4 nitrogen and oxygen atoms in total. The summed E-state index contributed by atoms with van der Waals surface area (Å²) < 4.78 is 11.3. The molecule has 1 atom stereocenters. The Morgan fingerprint density at radius 2 is 2.13 bits per heavy atom. The van der Waals surface area contributed by atoms with Gasteiger partial charge >= 0.3 is 0 Å². The highest BCUT2D eigenvalue weighted by Crippen LogP contribution is 2.25. The number of morpholine rings is 1. The summed E-state index contributed by atoms with van der Waals surface area (Å²) in [6, 6.07) is 10.5. The Bertz CT molecular complexity index is 640. The van der Waals surface area contributed by atoms with Crippen LogP contribution in [-0.4, -0.2) is 31.3 Å². The van der Waals surface area contributed by atoms with Crippen LogP contribution in [0.1, 0.15) is 29.7 Å². The summed E-state index contributed by atoms with van der Waals surface area (Å²) in [4.78, 5) is 4.20. The first-order chi connectivity index (χ1) is 11.3. The Morgan fingerprint density at radius 1 is 1.30 bits per heavy atom. The zero-order valence-corrected chi connectivity index (χ0v) is 14.0. The normalized spacial score (nSPS) is 17.9. The monoisotopic (exact) mass is 332 g/mol. The first-order valence-corrected chi connectivity index (χ1v) is 8.32. The number of halogens is 1. The molecule has 1 aromatic carbocycles. The molecule has 0 saturated carbocycles. The molecule has 0 aliphatic carbocycles. The summed E-state index contributed by atoms with van der Waals surface area (Å²) in [5.74, 6) is 0.643. The van der Waals surface area contributed by atoms with Crippen molar-refractivity contribution >= 4 is 11.6 Å². The van der Waals surface area contributed by atoms with Gasteiger partial charge in [0.2, 0.25) is 0 Å². The lowest BCUT2D eigenvalue weighted by Crippen LogP contribution is -2.33. The molecule has 3 rings (SSSR count). The molecule has 0 amide bonds. The van der Waals surface area contributed by atoms with E-state index in [4.69, 9.17) is 21.1 Å². The van der Waals surface area contributed by atoms with Crippen molar-refractivity contribution in [2.24, 2.45) is 0 Å². The van der Waals surface area contributed by atoms with Crippen LogP contribution in [0.15, 0.2) is 36.5 Å². The van der Waals surface area contributed by atoms with Gasteiger partial charge < -0.3 is 14.8 Å². The van der Waals surface area contributed by atoms with E-state index in [9.17, 15) is 0 Å². The summed E-state index contributed by atoms with van der Waals surface area (Å²) in [5.41, 5.74) is 3.52. The standard InChI is InChI=1S/C18H21ClN2O2/c1-2-22-16-10-14(11-21-18(16)19)9-13-3-5-15(6-4-13)17-12-20-7-8-23-17/h3-6,10-11,17,20H,2,7-9,12H2,1H3/t17-/m1/s1. The summed E-state index contributed by atoms with van der Waals surface area (Å²) in [6.07, 6.45) is 2.75. The zero-order chi connectivity index (χ0) is 16.1. The van der Waals surface area contributed by atoms with Crippen molar-refractivity contribution in [3.8, 4) is 5.75 Å². The van der Waals surface area contributed by atoms with E-state index < -0.39 is 0 Å². The Hall–Kier alpha value is -1.62. The van der Waals surface area contributed by atoms with E-state index in [1.807, 2.05) is 13.0 Å². The summed E-state index contributed by atoms with van der Waals surface area (Å²) in [5, 5.41) is 3.76. The van der Waals surface area contributed by atoms with Gasteiger partial charge in [-0.2, -0.15) is 0 Å². The fraction of sp³-hybridized carbons (Fsp3) is 0.389. The van der Waals surface area contributed by atoms with Crippen LogP contribution in [0.4, 0.5) is 0 Å². The number of hydrogen-bond donors (Lipinski definition) is 1. The zero-order valence-electron chi connectivity index (χ0n) is 13.2. The van der Waals surface area contributed by atoms with E-state index in [0.29, 0.717) is 17.5 Å². The fourth-order valence-corrected chi connectivity index (χ4v) is 2.85. The fourth-order valence-electron chi connectivity index (χ4n) is 2.69. The third-order valence-corrected chi connectivity index (χ3v) is 4.13. The topological polar surface area (TPSA) is 43.4 Å². The summed E-state index contributed by atoms with van der Waals surface area (Å²) in [7, 11) is 0. The largest absolute Gasteiger partial charge is 0.491 e. The van der Waals surface area contributed by atoms with Gasteiger partial charge in [0.05, 0.1) is 19.3 Å². The Labute approximate surface area is 141 Å². The van der Waals surface area contributed by atoms with E-state index in [1.165, 1.54) is 11.1 Å². The highest BCUT2D eigenvalue weighted by molar-refractivity contribution is 6.30. The predicted molar refractivity (Wildman–Crippen MR) is 91.2 cm³/mol. The molecule has 23 heavy (non-hydrogen) atoms. The van der Waals surface area contributed by atoms with Gasteiger partial charge in [0.25, 0.3) is 0 Å². The second-order valence-corrected chi connectivity index (χ2v) is 5.91. The van der Waals surface area contributed by atoms with Crippen LogP contribution in [0.2, 0.25) is 5.15 Å². The van der Waals surface area contributed by atoms with Gasteiger partial charge in [0.15, 0.2) is 10.9 Å². The van der Waals surface area contributed by atoms with Crippen molar-refractivity contribution in [3.05, 3.63) is 58.4 Å². The maximum Gasteiger partial charge on any atom is 0.171 e. The van der Waals surface area contributed by atoms with Crippen LogP contribution in [0.3, 0.4) is 0 Å². The molecule has 2 aromatic rings. The van der Waals surface area contributed by atoms with E-state index in [0.717, 1.165) is 31.7 Å². The number of ether oxygens (including phenoxy) is 2. The molecular formula is C18H21ClN2O2. The van der Waals surface area contributed by atoms with Crippen molar-refractivity contribution in [2.45, 2.75) is 19.4 Å². The van der Waals surface area contributed by atoms with Crippen molar-refractivity contribution in [1.82, 2.24) is 10.3 Å². The quantitative estimate of drug-likeness (QED) is 0.852. The van der Waals surface area contributed by atoms with E-state index in [-0.39, 0.29) is 6.10 Å². The maximum atomic E-state index is 6.03. The first kappa shape index (κ1) is 16.2. The van der Waals surface area contributed by atoms with Crippen molar-refractivity contribution in [3.63, 3.8) is 0 Å². The minimum Gasteiger partial charge on any atom is -0.491 e. The second kappa shape index (κ2) is 7.77. The minimum absolute atomic E-state index is 0.152. The third kappa shape index (κ3) is 4.22. The molecule has 5 heteroatoms. The van der Waals surface area contributed by atoms with Crippen LogP contribution >= 0.6 is 11.6 Å². The molecule has 1 aliphatic rings. The lowest BCUT2D eigenvalue weighted by molar-refractivity contribution is 0.0277. The Balaban J connectivity index is 1.69. The van der Waals surface area contributed by atoms with E-state index >= 15 is 0 Å². The second-order valence-electron chi connectivity index (χ2n) is 5.55. The Kier molecular flexibility index (Phi) is 5.49. The molecule has 1 fully saturated rings. The van der Waals surface area contributed by atoms with Gasteiger partial charge in [0.1, 0.15) is 0 Å². The number of nitrogens with one attached hydrogen (secondary N) is 1. The number of pyridine rings is 1. The summed E-state index contributed by atoms with van der Waals surface area (Å²) in [6.45, 7) is 5.08. The molecule has 1 N–H and O–H groups in total. The van der Waals surface area contributed by atoms with E-state index in [1.54, 1.807) is 6.20 Å². The van der Waals surface area contributed by atoms with Crippen molar-refractivity contribution in [1.29, 1.82) is 0 Å². The highest BCUT2D eigenvalue weighted by atomic mass is 35.5. The summed E-state index contributed by atoms with van der Waals surface area (Å²) >= 11 is 6.03. The number of rotatable bonds is 5. The van der Waals surface area contributed by atoms with Crippen LogP contribution in [0.25, 0.3) is 0 Å². The van der Waals surface area contributed by atoms with E-state index in [2.05, 4.69) is 34.6 Å². The van der Waals surface area contributed by atoms with Gasteiger partial charge in [-0.25, -0.2) is 4.98 Å². The van der Waals surface area contributed by atoms with Gasteiger partial charge in [-0.1, -0.05) is 35.9 Å². The van der Waals surface area contributed by atoms with Crippen LogP contribution in [0, 0.1) is 0 Å². The number of hydrogen-bond acceptors (Lipinski definition) is 4. The third-order valence-electron chi connectivity index (χ3n) is 3.85. The lowest BCUT2D eigenvalue weighted by atomic mass is 10.0. The van der Waals surface area contributed by atoms with Gasteiger partial charge in [-0.3, -0.25) is 0 Å². The number of nitrogens with zero attached hydrogens (tertiary/aromatic N) is 1. The van der Waals surface area contributed by atoms with Gasteiger partial charge in [-0.15, -0.1) is 0 Å². The molecule has 122 valence electrons. The minimum atomic E-state index is 0.152. The average Bonchev–Trinajstić information content (AvgIpc) is 2.60. The number of benzene rings is 1. The Morgan fingerprint density at radius 3 is 2.83 bits per heavy atom. The predicted octanol–water partition coefficient (Wildman–Crippen LogP) is 3.39. The van der Waals surface area contributed by atoms with Crippen LogP contribution in [-0.2, 0) is 11.2 Å². The molecular weight excluding hydrogens is 312 g/mol. The molecule has 0 bridgehead atoms. The number of aromatic nitrogens is 1. The molecule has 1 saturated heterocycles. The van der Waals surface area contributed by atoms with Crippen molar-refractivity contribution < 1.29 is 9.47 Å². The van der Waals surface area contributed by atoms with Crippen LogP contribution < -0.4 is 10.1 Å². The highest BCUT2D eigenvalue weighted by Gasteiger charge is 2.15. The molecule has 1 aliphatic heterocycles. The molecule has 1 aromatic heterocycles. The molecule has 0 spiro atoms. The van der Waals surface area contributed by atoms with Gasteiger partial charge in [-0.05, 0) is 36.1 Å².